The number of fused-ring (bicyclic) bond motifs is 3. The zero-order valence-electron chi connectivity index (χ0n) is 14.2. The molecule has 6 heteroatoms. The molecule has 24 heavy (non-hydrogen) atoms. The smallest absolute Gasteiger partial charge is 0.255 e. The molecule has 2 aromatic rings. The van der Waals surface area contributed by atoms with Gasteiger partial charge in [-0.15, -0.1) is 10.2 Å². The van der Waals surface area contributed by atoms with E-state index in [9.17, 15) is 4.79 Å². The minimum Gasteiger partial charge on any atom is -0.330 e. The van der Waals surface area contributed by atoms with E-state index in [1.54, 1.807) is 12.4 Å². The van der Waals surface area contributed by atoms with E-state index in [0.717, 1.165) is 43.9 Å². The summed E-state index contributed by atoms with van der Waals surface area (Å²) in [5.74, 6) is 2.73. The second-order valence-electron chi connectivity index (χ2n) is 7.28. The van der Waals surface area contributed by atoms with Crippen LogP contribution in [0.2, 0.25) is 0 Å². The van der Waals surface area contributed by atoms with Crippen LogP contribution in [0.3, 0.4) is 0 Å². The number of carbonyl (C=O) groups is 1. The standard InChI is InChI=1S/C18H23N5O/c1-12(2)8-16-20-21-17-9-14-5-6-15(11-22(16)17)23(14)18(24)13-4-3-7-19-10-13/h3-4,7,10,12,14-15H,5-6,8-9,11H2,1-2H3. The molecule has 2 unspecified atom stereocenters. The number of hydrogen-bond donors (Lipinski definition) is 0. The molecular weight excluding hydrogens is 302 g/mol. The van der Waals surface area contributed by atoms with Crippen molar-refractivity contribution in [2.45, 2.75) is 58.2 Å². The second kappa shape index (κ2) is 6.00. The highest BCUT2D eigenvalue weighted by molar-refractivity contribution is 5.94. The summed E-state index contributed by atoms with van der Waals surface area (Å²) >= 11 is 0. The van der Waals surface area contributed by atoms with Gasteiger partial charge in [0.1, 0.15) is 11.6 Å². The highest BCUT2D eigenvalue weighted by Gasteiger charge is 2.41. The van der Waals surface area contributed by atoms with Crippen molar-refractivity contribution in [3.05, 3.63) is 41.7 Å². The van der Waals surface area contributed by atoms with Crippen LogP contribution in [0.15, 0.2) is 24.5 Å². The fourth-order valence-electron chi connectivity index (χ4n) is 3.98. The van der Waals surface area contributed by atoms with Crippen molar-refractivity contribution in [1.29, 1.82) is 0 Å². The number of aromatic nitrogens is 4. The Balaban J connectivity index is 1.63. The normalized spacial score (nSPS) is 22.5. The first-order chi connectivity index (χ1) is 11.6. The molecule has 4 rings (SSSR count). The maximum absolute atomic E-state index is 13.0. The molecule has 0 aliphatic carbocycles. The quantitative estimate of drug-likeness (QED) is 0.867. The summed E-state index contributed by atoms with van der Waals surface area (Å²) in [5.41, 5.74) is 0.675. The summed E-state index contributed by atoms with van der Waals surface area (Å²) in [6.07, 6.45) is 7.19. The van der Waals surface area contributed by atoms with Crippen LogP contribution in [-0.4, -0.2) is 42.6 Å². The zero-order chi connectivity index (χ0) is 16.7. The third-order valence-electron chi connectivity index (χ3n) is 5.07. The Morgan fingerprint density at radius 3 is 2.88 bits per heavy atom. The lowest BCUT2D eigenvalue weighted by atomic mass is 10.1. The average molecular weight is 325 g/mol. The van der Waals surface area contributed by atoms with E-state index in [2.05, 4.69) is 38.5 Å². The summed E-state index contributed by atoms with van der Waals surface area (Å²) in [5, 5.41) is 8.82. The zero-order valence-corrected chi connectivity index (χ0v) is 14.2. The summed E-state index contributed by atoms with van der Waals surface area (Å²) in [6.45, 7) is 5.21. The SMILES string of the molecule is CC(C)Cc1nnc2n1CC1CCC(C2)N1C(=O)c1cccnc1. The molecule has 126 valence electrons. The van der Waals surface area contributed by atoms with E-state index in [1.807, 2.05) is 12.1 Å². The lowest BCUT2D eigenvalue weighted by molar-refractivity contribution is 0.0664. The van der Waals surface area contributed by atoms with Crippen molar-refractivity contribution < 1.29 is 4.79 Å². The van der Waals surface area contributed by atoms with Crippen LogP contribution in [0.25, 0.3) is 0 Å². The molecule has 0 N–H and O–H groups in total. The highest BCUT2D eigenvalue weighted by Crippen LogP contribution is 2.33. The first-order valence-electron chi connectivity index (χ1n) is 8.77. The Labute approximate surface area is 141 Å². The minimum atomic E-state index is 0.0970. The van der Waals surface area contributed by atoms with E-state index in [0.29, 0.717) is 11.5 Å². The van der Waals surface area contributed by atoms with E-state index < -0.39 is 0 Å². The van der Waals surface area contributed by atoms with Crippen LogP contribution in [0.1, 0.15) is 48.7 Å². The Kier molecular flexibility index (Phi) is 3.82. The molecule has 6 nitrogen and oxygen atoms in total. The lowest BCUT2D eigenvalue weighted by Crippen LogP contribution is -2.42. The van der Waals surface area contributed by atoms with Crippen LogP contribution in [-0.2, 0) is 19.4 Å². The third kappa shape index (κ3) is 2.60. The average Bonchev–Trinajstić information content (AvgIpc) is 3.07. The molecule has 1 amide bonds. The second-order valence-corrected chi connectivity index (χ2v) is 7.28. The number of hydrogen-bond acceptors (Lipinski definition) is 4. The Morgan fingerprint density at radius 2 is 2.12 bits per heavy atom. The van der Waals surface area contributed by atoms with Gasteiger partial charge in [-0.25, -0.2) is 0 Å². The summed E-state index contributed by atoms with van der Waals surface area (Å²) in [6, 6.07) is 4.12. The molecule has 0 radical (unpaired) electrons. The molecule has 2 atom stereocenters. The number of rotatable bonds is 3. The molecule has 0 aromatic carbocycles. The Bertz CT molecular complexity index is 739. The fraction of sp³-hybridized carbons (Fsp3) is 0.556. The Hall–Kier alpha value is -2.24. The van der Waals surface area contributed by atoms with Crippen molar-refractivity contribution in [2.75, 3.05) is 0 Å². The molecule has 2 aromatic heterocycles. The molecule has 2 aliphatic rings. The molecule has 0 spiro atoms. The van der Waals surface area contributed by atoms with E-state index in [4.69, 9.17) is 0 Å². The van der Waals surface area contributed by atoms with Gasteiger partial charge >= 0.3 is 0 Å². The fourth-order valence-corrected chi connectivity index (χ4v) is 3.98. The van der Waals surface area contributed by atoms with Crippen molar-refractivity contribution in [2.24, 2.45) is 5.92 Å². The summed E-state index contributed by atoms with van der Waals surface area (Å²) in [7, 11) is 0. The number of nitrogens with zero attached hydrogens (tertiary/aromatic N) is 5. The monoisotopic (exact) mass is 325 g/mol. The van der Waals surface area contributed by atoms with E-state index in [-0.39, 0.29) is 18.0 Å². The van der Waals surface area contributed by atoms with Gasteiger partial charge in [-0.2, -0.15) is 0 Å². The largest absolute Gasteiger partial charge is 0.330 e. The van der Waals surface area contributed by atoms with Gasteiger partial charge in [0.05, 0.1) is 11.6 Å². The predicted molar refractivity (Wildman–Crippen MR) is 89.5 cm³/mol. The maximum atomic E-state index is 13.0. The summed E-state index contributed by atoms with van der Waals surface area (Å²) < 4.78 is 2.26. The summed E-state index contributed by atoms with van der Waals surface area (Å²) in [4.78, 5) is 19.2. The highest BCUT2D eigenvalue weighted by atomic mass is 16.2. The van der Waals surface area contributed by atoms with Gasteiger partial charge in [0.15, 0.2) is 0 Å². The first-order valence-corrected chi connectivity index (χ1v) is 8.77. The van der Waals surface area contributed by atoms with Gasteiger partial charge in [-0.3, -0.25) is 9.78 Å². The molecule has 2 aliphatic heterocycles. The Morgan fingerprint density at radius 1 is 1.29 bits per heavy atom. The molecule has 1 fully saturated rings. The van der Waals surface area contributed by atoms with Crippen LogP contribution in [0, 0.1) is 5.92 Å². The van der Waals surface area contributed by atoms with Crippen molar-refractivity contribution in [3.63, 3.8) is 0 Å². The van der Waals surface area contributed by atoms with Crippen molar-refractivity contribution in [1.82, 2.24) is 24.6 Å². The van der Waals surface area contributed by atoms with E-state index >= 15 is 0 Å². The van der Waals surface area contributed by atoms with Gasteiger partial charge in [-0.1, -0.05) is 13.8 Å². The molecule has 2 bridgehead atoms. The molecule has 4 heterocycles. The molecular formula is C18H23N5O. The molecule has 0 saturated carbocycles. The van der Waals surface area contributed by atoms with Crippen LogP contribution >= 0.6 is 0 Å². The third-order valence-corrected chi connectivity index (χ3v) is 5.07. The number of pyridine rings is 1. The van der Waals surface area contributed by atoms with Gasteiger partial charge in [-0.05, 0) is 30.9 Å². The molecule has 1 saturated heterocycles. The minimum absolute atomic E-state index is 0.0970. The lowest BCUT2D eigenvalue weighted by Gasteiger charge is -2.28. The van der Waals surface area contributed by atoms with Crippen molar-refractivity contribution >= 4 is 5.91 Å². The number of carbonyl (C=O) groups excluding carboxylic acids is 1. The van der Waals surface area contributed by atoms with Crippen LogP contribution < -0.4 is 0 Å². The number of amides is 1. The maximum Gasteiger partial charge on any atom is 0.255 e. The van der Waals surface area contributed by atoms with Gasteiger partial charge < -0.3 is 9.47 Å². The first kappa shape index (κ1) is 15.3. The topological polar surface area (TPSA) is 63.9 Å². The van der Waals surface area contributed by atoms with Crippen LogP contribution in [0.4, 0.5) is 0 Å². The van der Waals surface area contributed by atoms with Gasteiger partial charge in [0, 0.05) is 37.8 Å². The van der Waals surface area contributed by atoms with Gasteiger partial charge in [0.25, 0.3) is 5.91 Å². The van der Waals surface area contributed by atoms with Crippen molar-refractivity contribution in [3.8, 4) is 0 Å². The van der Waals surface area contributed by atoms with Crippen LogP contribution in [0.5, 0.6) is 0 Å². The van der Waals surface area contributed by atoms with Gasteiger partial charge in [0.2, 0.25) is 0 Å². The van der Waals surface area contributed by atoms with E-state index in [1.165, 1.54) is 0 Å². The predicted octanol–water partition coefficient (Wildman–Crippen LogP) is 2.10.